The number of thioether (sulfide) groups is 1. The zero-order valence-electron chi connectivity index (χ0n) is 13.3. The van der Waals surface area contributed by atoms with E-state index >= 15 is 0 Å². The van der Waals surface area contributed by atoms with E-state index in [0.29, 0.717) is 29.6 Å². The molecule has 2 aromatic rings. The Labute approximate surface area is 153 Å². The largest absolute Gasteiger partial charge is 0.370 e. The molecule has 1 aliphatic rings. The molecule has 1 amide bonds. The second-order valence-corrected chi connectivity index (χ2v) is 7.10. The molecule has 1 saturated heterocycles. The van der Waals surface area contributed by atoms with Crippen LogP contribution in [0, 0.1) is 11.6 Å². The van der Waals surface area contributed by atoms with E-state index in [-0.39, 0.29) is 17.8 Å². The third-order valence-electron chi connectivity index (χ3n) is 3.91. The molecule has 25 heavy (non-hydrogen) atoms. The van der Waals surface area contributed by atoms with Crippen molar-refractivity contribution in [1.82, 2.24) is 4.90 Å². The lowest BCUT2D eigenvalue weighted by atomic mass is 10.1. The molecule has 1 atom stereocenters. The van der Waals surface area contributed by atoms with Crippen molar-refractivity contribution in [2.75, 3.05) is 25.4 Å². The van der Waals surface area contributed by atoms with Gasteiger partial charge >= 0.3 is 0 Å². The second kappa shape index (κ2) is 8.17. The molecule has 0 radical (unpaired) electrons. The van der Waals surface area contributed by atoms with Crippen LogP contribution in [0.1, 0.15) is 11.7 Å². The van der Waals surface area contributed by atoms with Crippen LogP contribution in [0.4, 0.5) is 8.78 Å². The van der Waals surface area contributed by atoms with Crippen LogP contribution in [-0.4, -0.2) is 36.3 Å². The normalized spacial score (nSPS) is 17.6. The number of rotatable bonds is 4. The van der Waals surface area contributed by atoms with Gasteiger partial charge in [-0.2, -0.15) is 0 Å². The van der Waals surface area contributed by atoms with Crippen LogP contribution in [0.5, 0.6) is 0 Å². The van der Waals surface area contributed by atoms with E-state index in [1.807, 2.05) is 12.1 Å². The number of carbonyl (C=O) groups is 1. The molecule has 132 valence electrons. The van der Waals surface area contributed by atoms with Crippen molar-refractivity contribution >= 4 is 29.3 Å². The maximum Gasteiger partial charge on any atom is 0.233 e. The number of amides is 1. The lowest BCUT2D eigenvalue weighted by Gasteiger charge is -2.33. The molecule has 0 aromatic heterocycles. The highest BCUT2D eigenvalue weighted by atomic mass is 35.5. The van der Waals surface area contributed by atoms with Crippen molar-refractivity contribution in [3.05, 3.63) is 64.7 Å². The van der Waals surface area contributed by atoms with E-state index in [9.17, 15) is 13.6 Å². The second-order valence-electron chi connectivity index (χ2n) is 5.62. The first-order chi connectivity index (χ1) is 12.0. The topological polar surface area (TPSA) is 29.5 Å². The average molecular weight is 384 g/mol. The summed E-state index contributed by atoms with van der Waals surface area (Å²) in [5, 5.41) is 0.649. The van der Waals surface area contributed by atoms with Gasteiger partial charge in [-0.1, -0.05) is 23.7 Å². The number of halogens is 3. The number of benzene rings is 2. The Bertz CT molecular complexity index is 757. The van der Waals surface area contributed by atoms with Crippen LogP contribution in [0.25, 0.3) is 0 Å². The molecule has 1 heterocycles. The molecule has 3 nitrogen and oxygen atoms in total. The van der Waals surface area contributed by atoms with Gasteiger partial charge in [0.05, 0.1) is 18.9 Å². The Morgan fingerprint density at radius 2 is 1.96 bits per heavy atom. The molecule has 0 spiro atoms. The summed E-state index contributed by atoms with van der Waals surface area (Å²) in [4.78, 5) is 14.7. The highest BCUT2D eigenvalue weighted by Gasteiger charge is 2.25. The molecule has 1 fully saturated rings. The number of hydrogen-bond acceptors (Lipinski definition) is 3. The molecule has 0 N–H and O–H groups in total. The molecular formula is C18H16ClF2NO2S. The summed E-state index contributed by atoms with van der Waals surface area (Å²) >= 11 is 7.08. The first-order valence-electron chi connectivity index (χ1n) is 7.75. The van der Waals surface area contributed by atoms with Crippen molar-refractivity contribution in [2.45, 2.75) is 11.0 Å². The number of ether oxygens (including phenoxy) is 1. The molecular weight excluding hydrogens is 368 g/mol. The van der Waals surface area contributed by atoms with Crippen LogP contribution in [-0.2, 0) is 9.53 Å². The fraction of sp³-hybridized carbons (Fsp3) is 0.278. The Balaban J connectivity index is 1.58. The number of morpholine rings is 1. The van der Waals surface area contributed by atoms with Gasteiger partial charge in [-0.25, -0.2) is 8.78 Å². The van der Waals surface area contributed by atoms with Crippen LogP contribution < -0.4 is 0 Å². The maximum absolute atomic E-state index is 13.2. The van der Waals surface area contributed by atoms with Gasteiger partial charge in [0.25, 0.3) is 0 Å². The summed E-state index contributed by atoms with van der Waals surface area (Å²) < 4.78 is 31.9. The van der Waals surface area contributed by atoms with Crippen LogP contribution >= 0.6 is 23.4 Å². The van der Waals surface area contributed by atoms with Crippen molar-refractivity contribution in [3.63, 3.8) is 0 Å². The molecule has 2 aromatic carbocycles. The van der Waals surface area contributed by atoms with Gasteiger partial charge in [-0.15, -0.1) is 11.8 Å². The zero-order chi connectivity index (χ0) is 17.8. The number of hydrogen-bond donors (Lipinski definition) is 0. The summed E-state index contributed by atoms with van der Waals surface area (Å²) in [6, 6.07) is 11.0. The molecule has 0 saturated carbocycles. The monoisotopic (exact) mass is 383 g/mol. The lowest BCUT2D eigenvalue weighted by molar-refractivity contribution is -0.136. The van der Waals surface area contributed by atoms with Gasteiger partial charge in [0.2, 0.25) is 5.91 Å². The molecule has 1 aliphatic heterocycles. The summed E-state index contributed by atoms with van der Waals surface area (Å²) in [6.45, 7) is 1.43. The van der Waals surface area contributed by atoms with E-state index in [4.69, 9.17) is 16.3 Å². The highest BCUT2D eigenvalue weighted by Crippen LogP contribution is 2.25. The first-order valence-corrected chi connectivity index (χ1v) is 9.12. The van der Waals surface area contributed by atoms with E-state index in [1.165, 1.54) is 17.8 Å². The van der Waals surface area contributed by atoms with E-state index in [0.717, 1.165) is 17.7 Å². The van der Waals surface area contributed by atoms with Crippen LogP contribution in [0.3, 0.4) is 0 Å². The van der Waals surface area contributed by atoms with Gasteiger partial charge in [-0.05, 0) is 35.9 Å². The Morgan fingerprint density at radius 3 is 2.68 bits per heavy atom. The van der Waals surface area contributed by atoms with Crippen LogP contribution in [0.15, 0.2) is 47.4 Å². The fourth-order valence-corrected chi connectivity index (χ4v) is 3.51. The predicted octanol–water partition coefficient (Wildman–Crippen LogP) is 4.31. The first kappa shape index (κ1) is 18.2. The number of carbonyl (C=O) groups excluding carboxylic acids is 1. The highest BCUT2D eigenvalue weighted by molar-refractivity contribution is 8.00. The Hall–Kier alpha value is -1.63. The quantitative estimate of drug-likeness (QED) is 0.737. The molecule has 7 heteroatoms. The van der Waals surface area contributed by atoms with Gasteiger partial charge in [0.1, 0.15) is 6.10 Å². The van der Waals surface area contributed by atoms with Crippen molar-refractivity contribution < 1.29 is 18.3 Å². The van der Waals surface area contributed by atoms with Crippen LogP contribution in [0.2, 0.25) is 5.02 Å². The fourth-order valence-electron chi connectivity index (χ4n) is 2.56. The smallest absolute Gasteiger partial charge is 0.233 e. The van der Waals surface area contributed by atoms with E-state index in [2.05, 4.69) is 0 Å². The standard InChI is InChI=1S/C18H16ClF2NO2S/c19-13-3-1-12(2-4-13)17-10-22(7-8-24-17)18(23)11-25-14-5-6-15(20)16(21)9-14/h1-6,9,17H,7-8,10-11H2. The van der Waals surface area contributed by atoms with Crippen molar-refractivity contribution in [2.24, 2.45) is 0 Å². The molecule has 1 unspecified atom stereocenters. The predicted molar refractivity (Wildman–Crippen MR) is 93.8 cm³/mol. The van der Waals surface area contributed by atoms with E-state index in [1.54, 1.807) is 17.0 Å². The summed E-state index contributed by atoms with van der Waals surface area (Å²) in [6.07, 6.45) is -0.191. The third-order valence-corrected chi connectivity index (χ3v) is 5.14. The number of nitrogens with zero attached hydrogens (tertiary/aromatic N) is 1. The zero-order valence-corrected chi connectivity index (χ0v) is 14.8. The third kappa shape index (κ3) is 4.71. The van der Waals surface area contributed by atoms with Gasteiger partial charge < -0.3 is 9.64 Å². The summed E-state index contributed by atoms with van der Waals surface area (Å²) in [5.74, 6) is -1.70. The minimum absolute atomic E-state index is 0.0583. The van der Waals surface area contributed by atoms with Gasteiger partial charge in [0, 0.05) is 16.5 Å². The molecule has 0 bridgehead atoms. The summed E-state index contributed by atoms with van der Waals surface area (Å²) in [7, 11) is 0. The van der Waals surface area contributed by atoms with Crippen molar-refractivity contribution in [1.29, 1.82) is 0 Å². The van der Waals surface area contributed by atoms with Gasteiger partial charge in [0.15, 0.2) is 11.6 Å². The maximum atomic E-state index is 13.2. The van der Waals surface area contributed by atoms with E-state index < -0.39 is 11.6 Å². The van der Waals surface area contributed by atoms with Crippen molar-refractivity contribution in [3.8, 4) is 0 Å². The minimum Gasteiger partial charge on any atom is -0.370 e. The Morgan fingerprint density at radius 1 is 1.20 bits per heavy atom. The molecule has 0 aliphatic carbocycles. The Kier molecular flexibility index (Phi) is 5.93. The SMILES string of the molecule is O=C(CSc1ccc(F)c(F)c1)N1CCOC(c2ccc(Cl)cc2)C1. The summed E-state index contributed by atoms with van der Waals surface area (Å²) in [5.41, 5.74) is 0.968. The molecule has 3 rings (SSSR count). The van der Waals surface area contributed by atoms with Gasteiger partial charge in [-0.3, -0.25) is 4.79 Å². The lowest BCUT2D eigenvalue weighted by Crippen LogP contribution is -2.43. The minimum atomic E-state index is -0.911. The average Bonchev–Trinajstić information content (AvgIpc) is 2.63.